The van der Waals surface area contributed by atoms with E-state index in [1.807, 2.05) is 0 Å². The van der Waals surface area contributed by atoms with E-state index in [-0.39, 0.29) is 65.1 Å². The number of ether oxygens (including phenoxy) is 2. The molecule has 8 nitrogen and oxygen atoms in total. The second-order valence-electron chi connectivity index (χ2n) is 8.95. The molecule has 0 rings (SSSR count). The first kappa shape index (κ1) is 42.9. The maximum atomic E-state index is 12.2. The van der Waals surface area contributed by atoms with Crippen LogP contribution in [0.3, 0.4) is 0 Å². The molecule has 0 aliphatic carbocycles. The summed E-state index contributed by atoms with van der Waals surface area (Å²) in [5.41, 5.74) is 0. The van der Waals surface area contributed by atoms with Gasteiger partial charge in [-0.1, -0.05) is 90.4 Å². The first-order chi connectivity index (χ1) is 16.9. The summed E-state index contributed by atoms with van der Waals surface area (Å²) >= 11 is 1.55. The number of phosphoric acid groups is 1. The van der Waals surface area contributed by atoms with E-state index < -0.39 is 20.5 Å². The van der Waals surface area contributed by atoms with Gasteiger partial charge in [-0.15, -0.1) is 0 Å². The van der Waals surface area contributed by atoms with Crippen LogP contribution in [-0.2, 0) is 28.2 Å². The largest absolute Gasteiger partial charge is 1.00 e. The van der Waals surface area contributed by atoms with Crippen LogP contribution in [0.2, 0.25) is 0 Å². The molecule has 0 radical (unpaired) electrons. The predicted molar refractivity (Wildman–Crippen MR) is 137 cm³/mol. The van der Waals surface area contributed by atoms with Gasteiger partial charge >= 0.3 is 65.1 Å². The summed E-state index contributed by atoms with van der Waals surface area (Å²) in [6.45, 7) is 2.70. The molecule has 0 spiro atoms. The van der Waals surface area contributed by atoms with E-state index >= 15 is 0 Å². The van der Waals surface area contributed by atoms with Crippen molar-refractivity contribution in [2.75, 3.05) is 24.7 Å². The average molecular weight is 585 g/mol. The summed E-state index contributed by atoms with van der Waals surface area (Å²) in [7, 11) is -5.11. The second-order valence-corrected chi connectivity index (χ2v) is 11.3. The number of rotatable bonds is 27. The number of unbranched alkanes of at least 4 members (excludes halogenated alkanes) is 14. The maximum Gasteiger partial charge on any atom is 1.00 e. The van der Waals surface area contributed by atoms with Crippen molar-refractivity contribution in [3.8, 4) is 0 Å². The molecule has 0 N–H and O–H groups in total. The minimum Gasteiger partial charge on any atom is -0.790 e. The molecule has 0 aliphatic rings. The number of hydrogen-bond acceptors (Lipinski definition) is 9. The van der Waals surface area contributed by atoms with E-state index in [0.717, 1.165) is 57.1 Å². The Kier molecular flexibility index (Phi) is 37.0. The summed E-state index contributed by atoms with van der Waals surface area (Å²) in [6, 6.07) is 0. The van der Waals surface area contributed by atoms with Crippen LogP contribution in [0.1, 0.15) is 116 Å². The molecule has 0 heterocycles. The number of phosphoric ester groups is 1. The van der Waals surface area contributed by atoms with Crippen LogP contribution in [0.25, 0.3) is 0 Å². The fourth-order valence-electron chi connectivity index (χ4n) is 3.65. The molecule has 0 aliphatic heterocycles. The molecule has 208 valence electrons. The smallest absolute Gasteiger partial charge is 0.790 e. The van der Waals surface area contributed by atoms with Crippen molar-refractivity contribution in [1.82, 2.24) is 0 Å². The Hall–Kier alpha value is 1.40. The van der Waals surface area contributed by atoms with Crippen molar-refractivity contribution in [3.63, 3.8) is 0 Å². The Balaban J connectivity index is -0.00000578. The molecule has 0 aromatic carbocycles. The zero-order valence-electron chi connectivity index (χ0n) is 23.6. The van der Waals surface area contributed by atoms with Crippen LogP contribution < -0.4 is 68.9 Å². The Labute approximate surface area is 273 Å². The Bertz CT molecular complexity index is 555. The molecule has 0 bridgehead atoms. The predicted octanol–water partition coefficient (Wildman–Crippen LogP) is -0.691. The van der Waals surface area contributed by atoms with Gasteiger partial charge in [0, 0.05) is 12.2 Å². The summed E-state index contributed by atoms with van der Waals surface area (Å²) < 4.78 is 25.2. The molecule has 0 unspecified atom stereocenters. The molecule has 0 aromatic heterocycles. The molecule has 0 aromatic rings. The molecule has 0 saturated carbocycles. The van der Waals surface area contributed by atoms with Crippen molar-refractivity contribution in [2.45, 2.75) is 122 Å². The van der Waals surface area contributed by atoms with Crippen LogP contribution in [0.4, 0.5) is 0 Å². The Morgan fingerprint density at radius 1 is 0.838 bits per heavy atom. The summed E-state index contributed by atoms with van der Waals surface area (Å²) in [5, 5.41) is 0. The summed E-state index contributed by atoms with van der Waals surface area (Å²) in [5.74, 6) is 0.848. The molecule has 0 fully saturated rings. The number of carbonyl (C=O) groups is 2. The van der Waals surface area contributed by atoms with Crippen molar-refractivity contribution in [3.05, 3.63) is 0 Å². The van der Waals surface area contributed by atoms with Gasteiger partial charge < -0.3 is 28.3 Å². The van der Waals surface area contributed by atoms with Crippen LogP contribution in [0.15, 0.2) is 0 Å². The van der Waals surface area contributed by atoms with E-state index in [9.17, 15) is 23.9 Å². The SMILES string of the molecule is CCCCCCCCCCCCCC(=O)O[C@H](COP(=O)([O-])[O-])CSCCCCCCCOC=O.[Na+].[Na+]. The topological polar surface area (TPSA) is 125 Å². The van der Waals surface area contributed by atoms with Gasteiger partial charge in [0.1, 0.15) is 6.10 Å². The summed E-state index contributed by atoms with van der Waals surface area (Å²) in [4.78, 5) is 43.9. The second kappa shape index (κ2) is 31.9. The van der Waals surface area contributed by atoms with Crippen molar-refractivity contribution in [1.29, 1.82) is 0 Å². The van der Waals surface area contributed by atoms with Crippen molar-refractivity contribution in [2.24, 2.45) is 0 Å². The van der Waals surface area contributed by atoms with Gasteiger partial charge in [0.2, 0.25) is 0 Å². The van der Waals surface area contributed by atoms with Crippen LogP contribution in [0.5, 0.6) is 0 Å². The minimum absolute atomic E-state index is 0. The van der Waals surface area contributed by atoms with Gasteiger partial charge in [0.25, 0.3) is 6.47 Å². The van der Waals surface area contributed by atoms with E-state index in [0.29, 0.717) is 25.3 Å². The fourth-order valence-corrected chi connectivity index (χ4v) is 5.00. The molecule has 0 amide bonds. The van der Waals surface area contributed by atoms with E-state index in [4.69, 9.17) is 4.74 Å². The van der Waals surface area contributed by atoms with Gasteiger partial charge in [0.05, 0.1) is 21.0 Å². The van der Waals surface area contributed by atoms with E-state index in [1.165, 1.54) is 51.4 Å². The third-order valence-corrected chi connectivity index (χ3v) is 7.27. The van der Waals surface area contributed by atoms with Gasteiger partial charge in [-0.25, -0.2) is 0 Å². The quantitative estimate of drug-likeness (QED) is 0.0406. The zero-order chi connectivity index (χ0) is 26.0. The van der Waals surface area contributed by atoms with Crippen LogP contribution >= 0.6 is 19.6 Å². The average Bonchev–Trinajstić information content (AvgIpc) is 2.81. The number of esters is 1. The monoisotopic (exact) mass is 584 g/mol. The fraction of sp³-hybridized carbons (Fsp3) is 0.920. The van der Waals surface area contributed by atoms with Crippen LogP contribution in [-0.4, -0.2) is 43.3 Å². The van der Waals surface area contributed by atoms with Gasteiger partial charge in [-0.3, -0.25) is 9.59 Å². The third kappa shape index (κ3) is 35.4. The molecule has 0 saturated heterocycles. The van der Waals surface area contributed by atoms with Crippen molar-refractivity contribution < 1.29 is 97.1 Å². The zero-order valence-corrected chi connectivity index (χ0v) is 29.3. The Morgan fingerprint density at radius 3 is 1.89 bits per heavy atom. The summed E-state index contributed by atoms with van der Waals surface area (Å²) in [6.07, 6.45) is 17.5. The number of carbonyl (C=O) groups excluding carboxylic acids is 2. The van der Waals surface area contributed by atoms with Gasteiger partial charge in [-0.2, -0.15) is 11.8 Å². The molecular weight excluding hydrogens is 537 g/mol. The van der Waals surface area contributed by atoms with Gasteiger partial charge in [-0.05, 0) is 25.0 Å². The van der Waals surface area contributed by atoms with E-state index in [2.05, 4.69) is 16.2 Å². The standard InChI is InChI=1S/C25H49O8PS.2Na/c1-2-3-4-5-6-7-8-9-10-12-15-18-25(27)33-24(21-32-34(28,29)30)22-35-20-17-14-11-13-16-19-31-23-26;;/h23-24H,2-22H2,1H3,(H2,28,29,30);;/q;2*+1/p-2/t24-;;/m1../s1. The molecule has 37 heavy (non-hydrogen) atoms. The van der Waals surface area contributed by atoms with Gasteiger partial charge in [0.15, 0.2) is 0 Å². The van der Waals surface area contributed by atoms with Crippen molar-refractivity contribution >= 4 is 32.0 Å². The first-order valence-corrected chi connectivity index (χ1v) is 16.0. The molecular formula is C25H47Na2O8PS. The minimum atomic E-state index is -5.11. The first-order valence-electron chi connectivity index (χ1n) is 13.4. The normalized spacial score (nSPS) is 11.8. The third-order valence-electron chi connectivity index (χ3n) is 5.62. The van der Waals surface area contributed by atoms with Crippen LogP contribution in [0, 0.1) is 0 Å². The molecule has 12 heteroatoms. The van der Waals surface area contributed by atoms with E-state index in [1.54, 1.807) is 11.8 Å². The maximum absolute atomic E-state index is 12.2. The number of thioether (sulfide) groups is 1. The number of hydrogen-bond donors (Lipinski definition) is 0. The molecule has 1 atom stereocenters. The Morgan fingerprint density at radius 2 is 1.35 bits per heavy atom.